The fourth-order valence-electron chi connectivity index (χ4n) is 1.73. The van der Waals surface area contributed by atoms with Crippen LogP contribution in [0.25, 0.3) is 0 Å². The van der Waals surface area contributed by atoms with Crippen LogP contribution in [0.2, 0.25) is 0 Å². The summed E-state index contributed by atoms with van der Waals surface area (Å²) in [5.74, 6) is -0.700. The minimum atomic E-state index is -1.02. The van der Waals surface area contributed by atoms with E-state index < -0.39 is 23.5 Å². The number of nitrogens with one attached hydrogen (secondary N) is 2. The second kappa shape index (κ2) is 6.61. The van der Waals surface area contributed by atoms with E-state index >= 15 is 0 Å². The van der Waals surface area contributed by atoms with Gasteiger partial charge in [0, 0.05) is 6.04 Å². The summed E-state index contributed by atoms with van der Waals surface area (Å²) in [6.45, 7) is 11.4. The monoisotopic (exact) mass is 258 g/mol. The van der Waals surface area contributed by atoms with Crippen LogP contribution in [0.1, 0.15) is 48.0 Å². The van der Waals surface area contributed by atoms with Crippen molar-refractivity contribution in [3.63, 3.8) is 0 Å². The number of carbonyl (C=O) groups is 2. The minimum absolute atomic E-state index is 0.0550. The molecule has 0 aliphatic heterocycles. The van der Waals surface area contributed by atoms with Gasteiger partial charge in [-0.15, -0.1) is 0 Å². The molecule has 106 valence electrons. The molecule has 0 bridgehead atoms. The molecule has 2 amide bonds. The average molecular weight is 258 g/mol. The van der Waals surface area contributed by atoms with Gasteiger partial charge in [0.1, 0.15) is 6.04 Å². The molecule has 0 saturated heterocycles. The molecule has 0 aliphatic rings. The topological polar surface area (TPSA) is 78.4 Å². The van der Waals surface area contributed by atoms with Crippen molar-refractivity contribution < 1.29 is 14.7 Å². The number of carbonyl (C=O) groups excluding carboxylic acids is 1. The molecule has 0 aromatic rings. The van der Waals surface area contributed by atoms with Gasteiger partial charge in [-0.25, -0.2) is 9.59 Å². The first-order valence-corrected chi connectivity index (χ1v) is 6.39. The Balaban J connectivity index is 4.58. The summed E-state index contributed by atoms with van der Waals surface area (Å²) in [6.07, 6.45) is 0.818. The third kappa shape index (κ3) is 5.38. The van der Waals surface area contributed by atoms with Crippen molar-refractivity contribution >= 4 is 12.0 Å². The molecule has 18 heavy (non-hydrogen) atoms. The van der Waals surface area contributed by atoms with E-state index in [4.69, 9.17) is 5.11 Å². The number of hydrogen-bond acceptors (Lipinski definition) is 2. The van der Waals surface area contributed by atoms with Crippen LogP contribution in [0.5, 0.6) is 0 Å². The van der Waals surface area contributed by atoms with Crippen LogP contribution in [0.4, 0.5) is 4.79 Å². The Labute approximate surface area is 109 Å². The first kappa shape index (κ1) is 16.7. The Morgan fingerprint density at radius 1 is 1.17 bits per heavy atom. The maximum atomic E-state index is 11.8. The van der Waals surface area contributed by atoms with Gasteiger partial charge in [-0.3, -0.25) is 0 Å². The molecule has 0 fully saturated rings. The Kier molecular flexibility index (Phi) is 6.15. The second-order valence-corrected chi connectivity index (χ2v) is 6.01. The lowest BCUT2D eigenvalue weighted by Gasteiger charge is -2.29. The van der Waals surface area contributed by atoms with Crippen molar-refractivity contribution in [3.05, 3.63) is 0 Å². The molecule has 3 N–H and O–H groups in total. The van der Waals surface area contributed by atoms with Crippen LogP contribution in [-0.4, -0.2) is 29.2 Å². The highest BCUT2D eigenvalue weighted by molar-refractivity contribution is 5.83. The lowest BCUT2D eigenvalue weighted by atomic mass is 9.87. The van der Waals surface area contributed by atoms with Gasteiger partial charge < -0.3 is 15.7 Å². The number of carboxylic acid groups (broad SMARTS) is 1. The van der Waals surface area contributed by atoms with Crippen molar-refractivity contribution in [1.82, 2.24) is 10.6 Å². The van der Waals surface area contributed by atoms with E-state index in [1.807, 2.05) is 20.8 Å². The molecule has 0 aromatic carbocycles. The summed E-state index contributed by atoms with van der Waals surface area (Å²) in [5.41, 5.74) is -0.525. The zero-order chi connectivity index (χ0) is 14.5. The number of carboxylic acids is 1. The Morgan fingerprint density at radius 3 is 1.94 bits per heavy atom. The lowest BCUT2D eigenvalue weighted by Crippen LogP contribution is -2.54. The van der Waals surface area contributed by atoms with Crippen molar-refractivity contribution in [2.24, 2.45) is 11.3 Å². The largest absolute Gasteiger partial charge is 0.480 e. The van der Waals surface area contributed by atoms with Crippen LogP contribution in [-0.2, 0) is 4.79 Å². The molecule has 0 heterocycles. The number of urea groups is 1. The van der Waals surface area contributed by atoms with Crippen molar-refractivity contribution in [1.29, 1.82) is 0 Å². The standard InChI is InChI=1S/C13H26N2O3/c1-7-9(8(2)3)14-12(18)15-10(11(16)17)13(4,5)6/h8-10H,7H2,1-6H3,(H,16,17)(H2,14,15,18)/t9?,10-/m0/s1. The van der Waals surface area contributed by atoms with E-state index in [-0.39, 0.29) is 6.04 Å². The fraction of sp³-hybridized carbons (Fsp3) is 0.846. The summed E-state index contributed by atoms with van der Waals surface area (Å²) in [5, 5.41) is 14.5. The number of hydrogen-bond donors (Lipinski definition) is 3. The van der Waals surface area contributed by atoms with Crippen LogP contribution in [0.3, 0.4) is 0 Å². The number of rotatable bonds is 5. The Bertz CT molecular complexity index is 295. The first-order chi connectivity index (χ1) is 8.09. The molecular weight excluding hydrogens is 232 g/mol. The predicted molar refractivity (Wildman–Crippen MR) is 71.5 cm³/mol. The van der Waals surface area contributed by atoms with Gasteiger partial charge in [-0.1, -0.05) is 41.5 Å². The van der Waals surface area contributed by atoms with Crippen LogP contribution in [0, 0.1) is 11.3 Å². The van der Waals surface area contributed by atoms with E-state index in [1.54, 1.807) is 20.8 Å². The quantitative estimate of drug-likeness (QED) is 0.707. The van der Waals surface area contributed by atoms with Crippen molar-refractivity contribution in [2.45, 2.75) is 60.0 Å². The third-order valence-electron chi connectivity index (χ3n) is 2.95. The normalized spacial score (nSPS) is 15.1. The van der Waals surface area contributed by atoms with Crippen molar-refractivity contribution in [3.8, 4) is 0 Å². The van der Waals surface area contributed by atoms with Gasteiger partial charge in [-0.2, -0.15) is 0 Å². The molecule has 0 aliphatic carbocycles. The molecule has 5 heteroatoms. The Morgan fingerprint density at radius 2 is 1.67 bits per heavy atom. The van der Waals surface area contributed by atoms with Gasteiger partial charge in [0.25, 0.3) is 0 Å². The van der Waals surface area contributed by atoms with E-state index in [9.17, 15) is 9.59 Å². The van der Waals surface area contributed by atoms with E-state index in [1.165, 1.54) is 0 Å². The molecule has 1 unspecified atom stereocenters. The van der Waals surface area contributed by atoms with Crippen LogP contribution in [0.15, 0.2) is 0 Å². The highest BCUT2D eigenvalue weighted by Gasteiger charge is 2.32. The number of aliphatic carboxylic acids is 1. The number of amides is 2. The fourth-order valence-corrected chi connectivity index (χ4v) is 1.73. The molecule has 0 saturated carbocycles. The van der Waals surface area contributed by atoms with Gasteiger partial charge in [0.05, 0.1) is 0 Å². The third-order valence-corrected chi connectivity index (χ3v) is 2.95. The van der Waals surface area contributed by atoms with Crippen LogP contribution >= 0.6 is 0 Å². The maximum absolute atomic E-state index is 11.8. The molecule has 2 atom stereocenters. The zero-order valence-corrected chi connectivity index (χ0v) is 12.2. The summed E-state index contributed by atoms with van der Waals surface area (Å²) >= 11 is 0. The summed E-state index contributed by atoms with van der Waals surface area (Å²) < 4.78 is 0. The zero-order valence-electron chi connectivity index (χ0n) is 12.2. The highest BCUT2D eigenvalue weighted by atomic mass is 16.4. The molecule has 0 radical (unpaired) electrons. The maximum Gasteiger partial charge on any atom is 0.326 e. The van der Waals surface area contributed by atoms with Gasteiger partial charge >= 0.3 is 12.0 Å². The molecule has 0 rings (SSSR count). The van der Waals surface area contributed by atoms with E-state index in [2.05, 4.69) is 10.6 Å². The minimum Gasteiger partial charge on any atom is -0.480 e. The SMILES string of the molecule is CCC(NC(=O)N[C@@H](C(=O)O)C(C)(C)C)C(C)C. The second-order valence-electron chi connectivity index (χ2n) is 6.01. The lowest BCUT2D eigenvalue weighted by molar-refractivity contribution is -0.141. The Hall–Kier alpha value is -1.26. The van der Waals surface area contributed by atoms with Crippen LogP contribution < -0.4 is 10.6 Å². The summed E-state index contributed by atoms with van der Waals surface area (Å²) in [4.78, 5) is 22.9. The van der Waals surface area contributed by atoms with E-state index in [0.717, 1.165) is 6.42 Å². The molecule has 5 nitrogen and oxygen atoms in total. The summed E-state index contributed by atoms with van der Waals surface area (Å²) in [7, 11) is 0. The predicted octanol–water partition coefficient (Wildman–Crippen LogP) is 2.22. The van der Waals surface area contributed by atoms with Gasteiger partial charge in [0.2, 0.25) is 0 Å². The smallest absolute Gasteiger partial charge is 0.326 e. The average Bonchev–Trinajstić information content (AvgIpc) is 2.19. The molecular formula is C13H26N2O3. The summed E-state index contributed by atoms with van der Waals surface area (Å²) in [6, 6.07) is -1.26. The first-order valence-electron chi connectivity index (χ1n) is 6.39. The highest BCUT2D eigenvalue weighted by Crippen LogP contribution is 2.19. The molecule has 0 spiro atoms. The van der Waals surface area contributed by atoms with E-state index in [0.29, 0.717) is 5.92 Å². The van der Waals surface area contributed by atoms with Gasteiger partial charge in [0.15, 0.2) is 0 Å². The van der Waals surface area contributed by atoms with Crippen molar-refractivity contribution in [2.75, 3.05) is 0 Å². The molecule has 0 aromatic heterocycles. The van der Waals surface area contributed by atoms with Gasteiger partial charge in [-0.05, 0) is 17.8 Å².